The molecule has 2 aromatic carbocycles. The predicted molar refractivity (Wildman–Crippen MR) is 96.7 cm³/mol. The SMILES string of the molecule is CCCCc1ccc(C[C@H](Oc2ccc(C)c(C)c2)C(=O)O)cc1. The van der Waals surface area contributed by atoms with Crippen molar-refractivity contribution in [1.82, 2.24) is 0 Å². The van der Waals surface area contributed by atoms with Crippen LogP contribution in [0.2, 0.25) is 0 Å². The molecular weight excluding hydrogens is 300 g/mol. The van der Waals surface area contributed by atoms with Crippen LogP contribution in [0.1, 0.15) is 42.0 Å². The topological polar surface area (TPSA) is 46.5 Å². The summed E-state index contributed by atoms with van der Waals surface area (Å²) < 4.78 is 5.71. The number of aliphatic carboxylic acids is 1. The van der Waals surface area contributed by atoms with Crippen LogP contribution < -0.4 is 4.74 Å². The first-order valence-corrected chi connectivity index (χ1v) is 8.54. The molecule has 0 heterocycles. The van der Waals surface area contributed by atoms with Crippen LogP contribution in [0.15, 0.2) is 42.5 Å². The van der Waals surface area contributed by atoms with Crippen molar-refractivity contribution < 1.29 is 14.6 Å². The zero-order valence-electron chi connectivity index (χ0n) is 14.7. The molecule has 0 aliphatic rings. The van der Waals surface area contributed by atoms with Gasteiger partial charge >= 0.3 is 5.97 Å². The molecule has 128 valence electrons. The van der Waals surface area contributed by atoms with Crippen LogP contribution in [0.25, 0.3) is 0 Å². The third-order valence-electron chi connectivity index (χ3n) is 4.30. The van der Waals surface area contributed by atoms with E-state index >= 15 is 0 Å². The average molecular weight is 326 g/mol. The molecule has 2 aromatic rings. The standard InChI is InChI=1S/C21H26O3/c1-4-5-6-17-8-10-18(11-9-17)14-20(21(22)23)24-19-12-7-15(2)16(3)13-19/h7-13,20H,4-6,14H2,1-3H3,(H,22,23)/t20-/m0/s1. The van der Waals surface area contributed by atoms with E-state index in [9.17, 15) is 9.90 Å². The summed E-state index contributed by atoms with van der Waals surface area (Å²) in [5, 5.41) is 9.47. The van der Waals surface area contributed by atoms with E-state index in [1.54, 1.807) is 0 Å². The zero-order chi connectivity index (χ0) is 17.5. The van der Waals surface area contributed by atoms with Crippen LogP contribution in [0, 0.1) is 13.8 Å². The van der Waals surface area contributed by atoms with Crippen LogP contribution >= 0.6 is 0 Å². The van der Waals surface area contributed by atoms with Gasteiger partial charge in [0.2, 0.25) is 0 Å². The number of benzene rings is 2. The highest BCUT2D eigenvalue weighted by Gasteiger charge is 2.20. The van der Waals surface area contributed by atoms with Gasteiger partial charge in [0.15, 0.2) is 6.10 Å². The summed E-state index contributed by atoms with van der Waals surface area (Å²) >= 11 is 0. The van der Waals surface area contributed by atoms with E-state index in [1.807, 2.05) is 44.2 Å². The van der Waals surface area contributed by atoms with Gasteiger partial charge in [-0.1, -0.05) is 43.7 Å². The lowest BCUT2D eigenvalue weighted by atomic mass is 10.0. The molecule has 0 unspecified atom stereocenters. The maximum absolute atomic E-state index is 11.5. The molecule has 0 bridgehead atoms. The maximum Gasteiger partial charge on any atom is 0.345 e. The predicted octanol–water partition coefficient (Wildman–Crippen LogP) is 4.72. The van der Waals surface area contributed by atoms with Crippen molar-refractivity contribution in [2.24, 2.45) is 0 Å². The van der Waals surface area contributed by atoms with Gasteiger partial charge in [-0.05, 0) is 61.1 Å². The van der Waals surface area contributed by atoms with E-state index in [2.05, 4.69) is 19.1 Å². The summed E-state index contributed by atoms with van der Waals surface area (Å²) in [6.07, 6.45) is 2.89. The minimum absolute atomic E-state index is 0.357. The Labute approximate surface area is 144 Å². The molecule has 0 amide bonds. The molecule has 1 N–H and O–H groups in total. The molecule has 0 saturated heterocycles. The summed E-state index contributed by atoms with van der Waals surface area (Å²) in [5.74, 6) is -0.339. The van der Waals surface area contributed by atoms with E-state index in [0.29, 0.717) is 12.2 Å². The lowest BCUT2D eigenvalue weighted by Gasteiger charge is -2.16. The lowest BCUT2D eigenvalue weighted by molar-refractivity contribution is -0.145. The normalized spacial score (nSPS) is 12.0. The summed E-state index contributed by atoms with van der Waals surface area (Å²) in [4.78, 5) is 11.5. The Morgan fingerprint density at radius 2 is 1.71 bits per heavy atom. The molecule has 0 aliphatic carbocycles. The van der Waals surface area contributed by atoms with Crippen molar-refractivity contribution in [2.45, 2.75) is 52.6 Å². The second-order valence-corrected chi connectivity index (χ2v) is 6.31. The molecule has 0 fully saturated rings. The molecule has 0 spiro atoms. The first kappa shape index (κ1) is 18.1. The summed E-state index contributed by atoms with van der Waals surface area (Å²) in [5.41, 5.74) is 4.53. The molecule has 0 aromatic heterocycles. The fourth-order valence-corrected chi connectivity index (χ4v) is 2.57. The van der Waals surface area contributed by atoms with Gasteiger partial charge in [-0.25, -0.2) is 4.79 Å². The minimum Gasteiger partial charge on any atom is -0.478 e. The second-order valence-electron chi connectivity index (χ2n) is 6.31. The Kier molecular flexibility index (Phi) is 6.42. The Bertz CT molecular complexity index is 674. The van der Waals surface area contributed by atoms with E-state index in [1.165, 1.54) is 18.4 Å². The number of ether oxygens (including phenoxy) is 1. The van der Waals surface area contributed by atoms with E-state index < -0.39 is 12.1 Å². The van der Waals surface area contributed by atoms with Crippen LogP contribution in [0.5, 0.6) is 5.75 Å². The van der Waals surface area contributed by atoms with Gasteiger partial charge in [-0.2, -0.15) is 0 Å². The molecule has 0 aliphatic heterocycles. The number of hydrogen-bond acceptors (Lipinski definition) is 2. The van der Waals surface area contributed by atoms with Gasteiger partial charge in [-0.15, -0.1) is 0 Å². The van der Waals surface area contributed by atoms with Gasteiger partial charge in [-0.3, -0.25) is 0 Å². The molecule has 24 heavy (non-hydrogen) atoms. The number of rotatable bonds is 8. The van der Waals surface area contributed by atoms with Crippen molar-refractivity contribution in [1.29, 1.82) is 0 Å². The van der Waals surface area contributed by atoms with Crippen molar-refractivity contribution in [3.05, 3.63) is 64.7 Å². The van der Waals surface area contributed by atoms with Crippen LogP contribution in [-0.4, -0.2) is 17.2 Å². The van der Waals surface area contributed by atoms with Crippen LogP contribution in [-0.2, 0) is 17.6 Å². The Hall–Kier alpha value is -2.29. The first-order valence-electron chi connectivity index (χ1n) is 8.54. The summed E-state index contributed by atoms with van der Waals surface area (Å²) in [7, 11) is 0. The van der Waals surface area contributed by atoms with Crippen molar-refractivity contribution in [3.63, 3.8) is 0 Å². The van der Waals surface area contributed by atoms with Gasteiger partial charge < -0.3 is 9.84 Å². The smallest absolute Gasteiger partial charge is 0.345 e. The third kappa shape index (κ3) is 5.12. The Balaban J connectivity index is 2.05. The van der Waals surface area contributed by atoms with Crippen LogP contribution in [0.4, 0.5) is 0 Å². The van der Waals surface area contributed by atoms with Gasteiger partial charge in [0.1, 0.15) is 5.75 Å². The lowest BCUT2D eigenvalue weighted by Crippen LogP contribution is -2.29. The van der Waals surface area contributed by atoms with Crippen molar-refractivity contribution >= 4 is 5.97 Å². The summed E-state index contributed by atoms with van der Waals surface area (Å²) in [6, 6.07) is 13.8. The molecule has 1 atom stereocenters. The highest BCUT2D eigenvalue weighted by molar-refractivity contribution is 5.73. The van der Waals surface area contributed by atoms with Crippen LogP contribution in [0.3, 0.4) is 0 Å². The Morgan fingerprint density at radius 1 is 1.04 bits per heavy atom. The average Bonchev–Trinajstić information content (AvgIpc) is 2.56. The number of hydrogen-bond donors (Lipinski definition) is 1. The van der Waals surface area contributed by atoms with E-state index in [0.717, 1.165) is 23.1 Å². The van der Waals surface area contributed by atoms with Gasteiger partial charge in [0.05, 0.1) is 0 Å². The number of carboxylic acids is 1. The molecule has 3 nitrogen and oxygen atoms in total. The number of unbranched alkanes of at least 4 members (excludes halogenated alkanes) is 1. The highest BCUT2D eigenvalue weighted by atomic mass is 16.5. The monoisotopic (exact) mass is 326 g/mol. The second kappa shape index (κ2) is 8.53. The molecule has 2 rings (SSSR count). The fraction of sp³-hybridized carbons (Fsp3) is 0.381. The summed E-state index contributed by atoms with van der Waals surface area (Å²) in [6.45, 7) is 6.19. The number of carboxylic acid groups (broad SMARTS) is 1. The zero-order valence-corrected chi connectivity index (χ0v) is 14.7. The minimum atomic E-state index is -0.941. The maximum atomic E-state index is 11.5. The molecule has 0 saturated carbocycles. The molecule has 3 heteroatoms. The largest absolute Gasteiger partial charge is 0.478 e. The Morgan fingerprint density at radius 3 is 2.29 bits per heavy atom. The van der Waals surface area contributed by atoms with E-state index in [4.69, 9.17) is 4.74 Å². The molecule has 0 radical (unpaired) electrons. The van der Waals surface area contributed by atoms with Gasteiger partial charge in [0, 0.05) is 6.42 Å². The number of aryl methyl sites for hydroxylation is 3. The number of carbonyl (C=O) groups is 1. The van der Waals surface area contributed by atoms with Gasteiger partial charge in [0.25, 0.3) is 0 Å². The highest BCUT2D eigenvalue weighted by Crippen LogP contribution is 2.19. The third-order valence-corrected chi connectivity index (χ3v) is 4.30. The molecular formula is C21H26O3. The quantitative estimate of drug-likeness (QED) is 0.763. The van der Waals surface area contributed by atoms with E-state index in [-0.39, 0.29) is 0 Å². The van der Waals surface area contributed by atoms with Crippen molar-refractivity contribution in [3.8, 4) is 5.75 Å². The first-order chi connectivity index (χ1) is 11.5. The van der Waals surface area contributed by atoms with Crippen molar-refractivity contribution in [2.75, 3.05) is 0 Å². The fourth-order valence-electron chi connectivity index (χ4n) is 2.57.